The first-order valence-electron chi connectivity index (χ1n) is 26.0. The van der Waals surface area contributed by atoms with E-state index in [1.165, 1.54) is 19.5 Å². The molecule has 0 nitrogen and oxygen atoms in total. The molecule has 0 spiro atoms. The Morgan fingerprint density at radius 3 is 0.712 bits per heavy atom. The van der Waals surface area contributed by atoms with Gasteiger partial charge in [-0.1, -0.05) is 178 Å². The predicted octanol–water partition coefficient (Wildman–Crippen LogP) is 20.9. The fourth-order valence-electron chi connectivity index (χ4n) is 15.8. The number of hydrogen-bond acceptors (Lipinski definition) is 6. The van der Waals surface area contributed by atoms with Crippen LogP contribution < -0.4 is 18.0 Å². The van der Waals surface area contributed by atoms with Crippen LogP contribution in [0.4, 0.5) is 0 Å². The van der Waals surface area contributed by atoms with Crippen molar-refractivity contribution in [3.8, 4) is 29.3 Å². The van der Waals surface area contributed by atoms with Crippen molar-refractivity contribution in [2.45, 2.75) is 233 Å². The fraction of sp³-hybridized carbons (Fsp3) is 0.643. The summed E-state index contributed by atoms with van der Waals surface area (Å²) in [6.07, 6.45) is 0. The Labute approximate surface area is 432 Å². The van der Waals surface area contributed by atoms with Gasteiger partial charge in [0.25, 0.3) is 0 Å². The molecule has 366 valence electrons. The normalized spacial score (nSPS) is 14.2. The average molecular weight is 1070 g/mol. The third-order valence-corrected chi connectivity index (χ3v) is 57.2. The van der Waals surface area contributed by atoms with E-state index in [4.69, 9.17) is 0 Å². The van der Waals surface area contributed by atoms with Crippen molar-refractivity contribution in [1.82, 2.24) is 0 Å². The molecular formula is C56H90S6Si4. The van der Waals surface area contributed by atoms with Crippen molar-refractivity contribution < 1.29 is 0 Å². The average Bonchev–Trinajstić information content (AvgIpc) is 4.02. The fourth-order valence-corrected chi connectivity index (χ4v) is 59.4. The molecular weight excluding hydrogens is 977 g/mol. The zero-order valence-corrected chi connectivity index (χ0v) is 54.7. The van der Waals surface area contributed by atoms with Crippen molar-refractivity contribution in [2.75, 3.05) is 0 Å². The van der Waals surface area contributed by atoms with Gasteiger partial charge in [-0.05, 0) is 109 Å². The van der Waals surface area contributed by atoms with Crippen LogP contribution in [0.3, 0.4) is 0 Å². The SMILES string of the molecule is CC(C)[Si](c1ccc(-c2sc(-c3sc(-c4ccc([Si](C(C)C)(C(C)C)C(C)C)s4)c4cc([Si](C(C)C)(C(C)C)C(C)C)sc34)c3sc([Si](C(C)C)(C(C)C)C(C)C)cc23)s1)(C(C)C)C(C)C. The van der Waals surface area contributed by atoms with Crippen LogP contribution in [0.2, 0.25) is 66.5 Å². The molecule has 0 atom stereocenters. The highest BCUT2D eigenvalue weighted by Crippen LogP contribution is 2.57. The molecule has 0 bridgehead atoms. The minimum Gasteiger partial charge on any atom is -0.144 e. The standard InChI is InChI=1S/C56H90S6Si4/c1-31(2)63(32(3)4,33(5)6)47-27-25-45(57-47)51-43-29-49(65(37(13)14,38(15)16)39(17)18)59-53(43)55(61-51)56-54-44(30-50(60-54)66(40(19)20,41(21)22)42(23)24)52(62-56)46-26-28-48(58-46)64(34(7)8,35(9)10)36(11)12/h25-42H,1-24H3. The van der Waals surface area contributed by atoms with Gasteiger partial charge in [-0.15, -0.1) is 68.0 Å². The maximum absolute atomic E-state index is 2.78. The zero-order chi connectivity index (χ0) is 49.5. The van der Waals surface area contributed by atoms with E-state index in [9.17, 15) is 0 Å². The quantitative estimate of drug-likeness (QED) is 0.0709. The summed E-state index contributed by atoms with van der Waals surface area (Å²) in [6.45, 7) is 61.1. The Morgan fingerprint density at radius 1 is 0.258 bits per heavy atom. The molecule has 0 fully saturated rings. The van der Waals surface area contributed by atoms with Gasteiger partial charge in [0.1, 0.15) is 32.3 Å². The van der Waals surface area contributed by atoms with E-state index in [0.29, 0.717) is 66.5 Å². The highest BCUT2D eigenvalue weighted by Gasteiger charge is 2.50. The smallest absolute Gasteiger partial charge is 0.107 e. The molecule has 6 heterocycles. The highest BCUT2D eigenvalue weighted by molar-refractivity contribution is 7.41. The molecule has 66 heavy (non-hydrogen) atoms. The maximum atomic E-state index is 2.78. The zero-order valence-electron chi connectivity index (χ0n) is 45.8. The lowest BCUT2D eigenvalue weighted by atomic mass is 10.2. The first-order chi connectivity index (χ1) is 30.6. The Bertz CT molecular complexity index is 2310. The van der Waals surface area contributed by atoms with Crippen LogP contribution in [0.1, 0.15) is 166 Å². The minimum atomic E-state index is -1.92. The summed E-state index contributed by atoms with van der Waals surface area (Å²) in [5, 5.41) is 3.09. The molecule has 0 N–H and O–H groups in total. The van der Waals surface area contributed by atoms with Crippen LogP contribution in [0, 0.1) is 0 Å². The van der Waals surface area contributed by atoms with Crippen LogP contribution in [-0.2, 0) is 0 Å². The second-order valence-corrected chi connectivity index (χ2v) is 55.4. The molecule has 0 aliphatic rings. The first-order valence-corrected chi connectivity index (χ1v) is 39.8. The van der Waals surface area contributed by atoms with Gasteiger partial charge >= 0.3 is 0 Å². The minimum absolute atomic E-state index is 0.672. The predicted molar refractivity (Wildman–Crippen MR) is 328 cm³/mol. The molecule has 0 saturated heterocycles. The molecule has 0 aliphatic heterocycles. The molecule has 6 rings (SSSR count). The molecule has 0 radical (unpaired) electrons. The van der Waals surface area contributed by atoms with Gasteiger partial charge in [-0.25, -0.2) is 0 Å². The summed E-state index contributed by atoms with van der Waals surface area (Å²) in [5.41, 5.74) is 8.21. The second kappa shape index (κ2) is 20.2. The third-order valence-electron chi connectivity index (χ3n) is 17.8. The van der Waals surface area contributed by atoms with Crippen molar-refractivity contribution in [1.29, 1.82) is 0 Å². The van der Waals surface area contributed by atoms with Gasteiger partial charge in [0.05, 0.1) is 28.9 Å². The molecule has 10 heteroatoms. The monoisotopic (exact) mass is 1070 g/mol. The number of thiophene rings is 6. The first kappa shape index (κ1) is 54.9. The Hall–Kier alpha value is -0.412. The lowest BCUT2D eigenvalue weighted by molar-refractivity contribution is 0.837. The van der Waals surface area contributed by atoms with E-state index in [0.717, 1.165) is 0 Å². The number of hydrogen-bond donors (Lipinski definition) is 0. The van der Waals surface area contributed by atoms with Crippen molar-refractivity contribution in [2.24, 2.45) is 0 Å². The van der Waals surface area contributed by atoms with E-state index >= 15 is 0 Å². The Kier molecular flexibility index (Phi) is 16.8. The van der Waals surface area contributed by atoms with Gasteiger partial charge < -0.3 is 0 Å². The molecule has 0 saturated carbocycles. The topological polar surface area (TPSA) is 0 Å². The summed E-state index contributed by atoms with van der Waals surface area (Å²) in [6, 6.07) is 15.9. The molecule has 0 aliphatic carbocycles. The summed E-state index contributed by atoms with van der Waals surface area (Å²) >= 11 is 13.1. The lowest BCUT2D eigenvalue weighted by Crippen LogP contribution is -2.54. The Morgan fingerprint density at radius 2 is 0.485 bits per heavy atom. The summed E-state index contributed by atoms with van der Waals surface area (Å²) in [7, 11) is -7.47. The van der Waals surface area contributed by atoms with E-state index in [1.54, 1.807) is 47.9 Å². The molecule has 0 aromatic carbocycles. The lowest BCUT2D eigenvalue weighted by Gasteiger charge is -2.42. The summed E-state index contributed by atoms with van der Waals surface area (Å²) in [5.74, 6) is 0. The number of fused-ring (bicyclic) bond motifs is 2. The van der Waals surface area contributed by atoms with Crippen LogP contribution in [0.25, 0.3) is 49.4 Å². The van der Waals surface area contributed by atoms with Crippen LogP contribution in [0.5, 0.6) is 0 Å². The summed E-state index contributed by atoms with van der Waals surface area (Å²) < 4.78 is 10.0. The van der Waals surface area contributed by atoms with E-state index in [2.05, 4.69) is 271 Å². The Balaban J connectivity index is 1.76. The van der Waals surface area contributed by atoms with Gasteiger partial charge in [-0.3, -0.25) is 0 Å². The molecule has 0 amide bonds. The van der Waals surface area contributed by atoms with Crippen molar-refractivity contribution in [3.05, 3.63) is 36.4 Å². The number of rotatable bonds is 19. The van der Waals surface area contributed by atoms with Crippen molar-refractivity contribution in [3.63, 3.8) is 0 Å². The van der Waals surface area contributed by atoms with Gasteiger partial charge in [0.15, 0.2) is 0 Å². The van der Waals surface area contributed by atoms with E-state index in [1.807, 2.05) is 0 Å². The van der Waals surface area contributed by atoms with E-state index < -0.39 is 32.3 Å². The van der Waals surface area contributed by atoms with Crippen LogP contribution >= 0.6 is 68.0 Å². The van der Waals surface area contributed by atoms with Gasteiger partial charge in [-0.2, -0.15) is 0 Å². The van der Waals surface area contributed by atoms with Gasteiger partial charge in [0, 0.05) is 20.5 Å². The molecule has 0 unspecified atom stereocenters. The second-order valence-electron chi connectivity index (χ2n) is 24.1. The largest absolute Gasteiger partial charge is 0.144 e. The molecule has 6 aromatic heterocycles. The van der Waals surface area contributed by atoms with Crippen LogP contribution in [0.15, 0.2) is 36.4 Å². The highest BCUT2D eigenvalue weighted by atomic mass is 32.1. The van der Waals surface area contributed by atoms with Crippen LogP contribution in [-0.4, -0.2) is 32.3 Å². The van der Waals surface area contributed by atoms with Crippen molar-refractivity contribution >= 4 is 138 Å². The van der Waals surface area contributed by atoms with E-state index in [-0.39, 0.29) is 0 Å². The third kappa shape index (κ3) is 8.27. The maximum Gasteiger partial charge on any atom is 0.107 e. The summed E-state index contributed by atoms with van der Waals surface area (Å²) in [4.78, 5) is 9.19. The van der Waals surface area contributed by atoms with Gasteiger partial charge in [0.2, 0.25) is 0 Å². The molecule has 6 aromatic rings.